The fourth-order valence-corrected chi connectivity index (χ4v) is 14.2. The van der Waals surface area contributed by atoms with Crippen LogP contribution in [-0.2, 0) is 31.1 Å². The highest BCUT2D eigenvalue weighted by molar-refractivity contribution is 7.27. The minimum absolute atomic E-state index is 0.552. The standard InChI is InChI=1S/C67H51NS/c1-40-24-32-50(36-42(40)3)67(51-33-25-41(2)43(4)37-51)57-19-9-11-21-59(57)68(60-22-12-10-20-58(60)67)61-23-13-18-54-55-34-31-49-39-47-15-6-8-17-53(47)52-16-7-5-14-46(52)38-48-29-28-44-26-27-45-30-35-56(63(48)62(44)45)64(49)66(55)69-65(54)61/h5-25,28-37H,26-27,38-39H2,1-4H3. The largest absolute Gasteiger partial charge is 0.308 e. The molecule has 2 aliphatic carbocycles. The average molecular weight is 902 g/mol. The molecular weight excluding hydrogens is 851 g/mol. The lowest BCUT2D eigenvalue weighted by Gasteiger charge is -2.46. The van der Waals surface area contributed by atoms with Gasteiger partial charge in [-0.05, 0) is 177 Å². The van der Waals surface area contributed by atoms with E-state index >= 15 is 0 Å². The maximum atomic E-state index is 2.59. The van der Waals surface area contributed by atoms with E-state index in [9.17, 15) is 0 Å². The van der Waals surface area contributed by atoms with Crippen LogP contribution in [0, 0.1) is 27.7 Å². The predicted octanol–water partition coefficient (Wildman–Crippen LogP) is 17.5. The molecule has 10 aromatic carbocycles. The first-order valence-corrected chi connectivity index (χ1v) is 25.5. The van der Waals surface area contributed by atoms with Crippen LogP contribution in [0.5, 0.6) is 0 Å². The van der Waals surface area contributed by atoms with Crippen LogP contribution < -0.4 is 4.90 Å². The summed E-state index contributed by atoms with van der Waals surface area (Å²) in [5.74, 6) is 0. The van der Waals surface area contributed by atoms with Crippen molar-refractivity contribution in [2.75, 3.05) is 4.90 Å². The molecule has 0 fully saturated rings. The molecule has 1 nitrogen and oxygen atoms in total. The Morgan fingerprint density at radius 2 is 0.899 bits per heavy atom. The molecule has 2 heteroatoms. The van der Waals surface area contributed by atoms with E-state index in [-0.39, 0.29) is 0 Å². The second-order valence-electron chi connectivity index (χ2n) is 20.0. The molecule has 0 saturated heterocycles. The Hall–Kier alpha value is -7.52. The second-order valence-corrected chi connectivity index (χ2v) is 21.0. The number of nitrogens with zero attached hydrogens (tertiary/aromatic N) is 1. The van der Waals surface area contributed by atoms with Crippen LogP contribution in [0.2, 0.25) is 0 Å². The smallest absolute Gasteiger partial charge is 0.0742 e. The van der Waals surface area contributed by atoms with Gasteiger partial charge in [0.1, 0.15) is 0 Å². The van der Waals surface area contributed by atoms with E-state index in [2.05, 4.69) is 221 Å². The summed E-state index contributed by atoms with van der Waals surface area (Å²) >= 11 is 1.99. The minimum Gasteiger partial charge on any atom is -0.308 e. The van der Waals surface area contributed by atoms with Gasteiger partial charge in [0, 0.05) is 21.0 Å². The van der Waals surface area contributed by atoms with Crippen LogP contribution in [0.15, 0.2) is 188 Å². The monoisotopic (exact) mass is 901 g/mol. The average Bonchev–Trinajstić information content (AvgIpc) is 3.98. The van der Waals surface area contributed by atoms with Crippen molar-refractivity contribution in [1.29, 1.82) is 0 Å². The lowest BCUT2D eigenvalue weighted by atomic mass is 9.62. The Balaban J connectivity index is 1.06. The van der Waals surface area contributed by atoms with Crippen LogP contribution in [0.25, 0.3) is 53.2 Å². The van der Waals surface area contributed by atoms with Crippen LogP contribution >= 0.6 is 11.3 Å². The van der Waals surface area contributed by atoms with Crippen molar-refractivity contribution in [2.45, 2.75) is 58.8 Å². The van der Waals surface area contributed by atoms with Gasteiger partial charge in [-0.2, -0.15) is 0 Å². The minimum atomic E-state index is -0.552. The van der Waals surface area contributed by atoms with E-state index in [1.807, 2.05) is 11.3 Å². The molecule has 69 heavy (non-hydrogen) atoms. The molecule has 0 radical (unpaired) electrons. The van der Waals surface area contributed by atoms with Crippen LogP contribution in [0.3, 0.4) is 0 Å². The fourth-order valence-electron chi connectivity index (χ4n) is 12.8. The Morgan fingerprint density at radius 1 is 0.377 bits per heavy atom. The van der Waals surface area contributed by atoms with Gasteiger partial charge in [-0.3, -0.25) is 0 Å². The van der Waals surface area contributed by atoms with Crippen molar-refractivity contribution in [3.63, 3.8) is 0 Å². The molecule has 0 amide bonds. The zero-order valence-corrected chi connectivity index (χ0v) is 40.4. The molecule has 2 heterocycles. The molecule has 0 atom stereocenters. The number of para-hydroxylation sites is 2. The normalized spacial score (nSPS) is 14.2. The van der Waals surface area contributed by atoms with Gasteiger partial charge in [0.15, 0.2) is 0 Å². The van der Waals surface area contributed by atoms with Gasteiger partial charge in [-0.1, -0.05) is 170 Å². The van der Waals surface area contributed by atoms with Crippen molar-refractivity contribution in [2.24, 2.45) is 0 Å². The van der Waals surface area contributed by atoms with Crippen molar-refractivity contribution in [3.8, 4) is 22.3 Å². The molecule has 0 spiro atoms. The highest BCUT2D eigenvalue weighted by atomic mass is 32.1. The molecule has 0 bridgehead atoms. The van der Waals surface area contributed by atoms with Crippen molar-refractivity contribution in [3.05, 3.63) is 266 Å². The maximum Gasteiger partial charge on any atom is 0.0742 e. The quantitative estimate of drug-likeness (QED) is 0.171. The predicted molar refractivity (Wildman–Crippen MR) is 293 cm³/mol. The van der Waals surface area contributed by atoms with Crippen LogP contribution in [-0.4, -0.2) is 0 Å². The van der Waals surface area contributed by atoms with E-state index in [0.717, 1.165) is 25.7 Å². The summed E-state index contributed by atoms with van der Waals surface area (Å²) in [4.78, 5) is 2.59. The molecule has 0 N–H and O–H groups in total. The number of thiophene rings is 1. The van der Waals surface area contributed by atoms with Crippen molar-refractivity contribution < 1.29 is 0 Å². The summed E-state index contributed by atoms with van der Waals surface area (Å²) < 4.78 is 2.68. The summed E-state index contributed by atoms with van der Waals surface area (Å²) in [5, 5.41) is 5.56. The Morgan fingerprint density at radius 3 is 1.54 bits per heavy atom. The zero-order chi connectivity index (χ0) is 46.1. The molecule has 0 saturated carbocycles. The van der Waals surface area contributed by atoms with Crippen molar-refractivity contribution >= 4 is 59.3 Å². The van der Waals surface area contributed by atoms with Gasteiger partial charge in [0.25, 0.3) is 0 Å². The summed E-state index contributed by atoms with van der Waals surface area (Å²) in [6.45, 7) is 8.98. The Kier molecular flexibility index (Phi) is 8.96. The molecule has 0 unspecified atom stereocenters. The number of hydrogen-bond acceptors (Lipinski definition) is 2. The first kappa shape index (κ1) is 40.5. The Labute approximate surface area is 409 Å². The summed E-state index contributed by atoms with van der Waals surface area (Å²) in [6.07, 6.45) is 3.95. The summed E-state index contributed by atoms with van der Waals surface area (Å²) in [6, 6.07) is 72.9. The van der Waals surface area contributed by atoms with E-state index in [0.29, 0.717) is 0 Å². The highest BCUT2D eigenvalue weighted by Crippen LogP contribution is 2.60. The number of fused-ring (bicyclic) bond motifs is 11. The molecule has 1 aliphatic heterocycles. The van der Waals surface area contributed by atoms with E-state index < -0.39 is 5.41 Å². The molecule has 1 aromatic heterocycles. The molecular formula is C67H51NS. The number of rotatable bonds is 3. The Bertz CT molecular complexity index is 3860. The summed E-state index contributed by atoms with van der Waals surface area (Å²) in [5.41, 5.74) is 27.5. The van der Waals surface area contributed by atoms with Crippen LogP contribution in [0.4, 0.5) is 17.1 Å². The first-order chi connectivity index (χ1) is 33.9. The molecule has 330 valence electrons. The third kappa shape index (κ3) is 5.82. The van der Waals surface area contributed by atoms with Gasteiger partial charge < -0.3 is 4.90 Å². The maximum absolute atomic E-state index is 2.59. The SMILES string of the molecule is Cc1ccc(C2(c3ccc(C)c(C)c3)c3ccccc3N(c3cccc4c3sc3c5c(ccc34)Cc3ccccc3-c3ccccc3Cc3ccc4c6c(ccc-5c36)CC4)c3ccccc32)cc1C. The number of anilines is 3. The third-order valence-corrected chi connectivity index (χ3v) is 17.7. The fraction of sp³-hybridized carbons (Fsp3) is 0.134. The zero-order valence-electron chi connectivity index (χ0n) is 39.6. The first-order valence-electron chi connectivity index (χ1n) is 24.7. The number of aryl methyl sites for hydroxylation is 6. The lowest BCUT2D eigenvalue weighted by Crippen LogP contribution is -2.38. The highest BCUT2D eigenvalue weighted by Gasteiger charge is 2.47. The topological polar surface area (TPSA) is 3.24 Å². The summed E-state index contributed by atoms with van der Waals surface area (Å²) in [7, 11) is 0. The van der Waals surface area contributed by atoms with Gasteiger partial charge >= 0.3 is 0 Å². The van der Waals surface area contributed by atoms with Gasteiger partial charge in [-0.15, -0.1) is 11.3 Å². The van der Waals surface area contributed by atoms with E-state index in [4.69, 9.17) is 0 Å². The van der Waals surface area contributed by atoms with Gasteiger partial charge in [0.2, 0.25) is 0 Å². The van der Waals surface area contributed by atoms with Crippen LogP contribution in [0.1, 0.15) is 77.9 Å². The lowest BCUT2D eigenvalue weighted by molar-refractivity contribution is 0.729. The van der Waals surface area contributed by atoms with Gasteiger partial charge in [-0.25, -0.2) is 0 Å². The number of hydrogen-bond donors (Lipinski definition) is 0. The third-order valence-electron chi connectivity index (χ3n) is 16.4. The van der Waals surface area contributed by atoms with Gasteiger partial charge in [0.05, 0.1) is 27.2 Å². The second kappa shape index (κ2) is 15.2. The molecule has 14 rings (SSSR count). The van der Waals surface area contributed by atoms with E-state index in [1.165, 1.54) is 148 Å². The van der Waals surface area contributed by atoms with E-state index in [1.54, 1.807) is 0 Å². The molecule has 11 aromatic rings. The van der Waals surface area contributed by atoms with Crippen molar-refractivity contribution in [1.82, 2.24) is 0 Å². The number of benzene rings is 10. The molecule has 3 aliphatic rings.